The SMILES string of the molecule is CCCCCC(OC)=C(OC)C(OCc1ccccc1)OC(OCc1ccccc1)C(OC)=C(CCCCC)OC. The van der Waals surface area contributed by atoms with Crippen molar-refractivity contribution in [3.8, 4) is 0 Å². The lowest BCUT2D eigenvalue weighted by Crippen LogP contribution is -2.32. The Bertz CT molecular complexity index is 923. The Morgan fingerprint density at radius 2 is 0.927 bits per heavy atom. The smallest absolute Gasteiger partial charge is 0.223 e. The summed E-state index contributed by atoms with van der Waals surface area (Å²) in [4.78, 5) is 0. The molecule has 0 aliphatic rings. The first kappa shape index (κ1) is 34.2. The molecular weight excluding hydrogens is 520 g/mol. The van der Waals surface area contributed by atoms with Crippen LogP contribution in [0.2, 0.25) is 0 Å². The largest absolute Gasteiger partial charge is 0.497 e. The van der Waals surface area contributed by atoms with E-state index in [9.17, 15) is 0 Å². The van der Waals surface area contributed by atoms with Gasteiger partial charge in [-0.3, -0.25) is 0 Å². The molecule has 0 amide bonds. The van der Waals surface area contributed by atoms with Crippen molar-refractivity contribution in [2.45, 2.75) is 91.0 Å². The van der Waals surface area contributed by atoms with Crippen molar-refractivity contribution in [3.63, 3.8) is 0 Å². The van der Waals surface area contributed by atoms with E-state index in [1.165, 1.54) is 0 Å². The summed E-state index contributed by atoms with van der Waals surface area (Å²) < 4.78 is 42.7. The van der Waals surface area contributed by atoms with Crippen molar-refractivity contribution >= 4 is 0 Å². The molecule has 0 aliphatic carbocycles. The summed E-state index contributed by atoms with van der Waals surface area (Å²) >= 11 is 0. The average Bonchev–Trinajstić information content (AvgIpc) is 3.02. The minimum atomic E-state index is -0.934. The number of allylic oxidation sites excluding steroid dienone is 2. The Kier molecular flexibility index (Phi) is 17.4. The van der Waals surface area contributed by atoms with Crippen LogP contribution < -0.4 is 0 Å². The van der Waals surface area contributed by atoms with E-state index >= 15 is 0 Å². The predicted molar refractivity (Wildman–Crippen MR) is 161 cm³/mol. The molecule has 0 spiro atoms. The number of benzene rings is 2. The molecule has 2 atom stereocenters. The van der Waals surface area contributed by atoms with E-state index in [-0.39, 0.29) is 0 Å². The molecule has 0 heterocycles. The third kappa shape index (κ3) is 12.2. The summed E-state index contributed by atoms with van der Waals surface area (Å²) in [5, 5.41) is 0. The molecule has 0 N–H and O–H groups in total. The van der Waals surface area contributed by atoms with Gasteiger partial charge in [-0.2, -0.15) is 0 Å². The fraction of sp³-hybridized carbons (Fsp3) is 0.529. The van der Waals surface area contributed by atoms with E-state index in [4.69, 9.17) is 33.2 Å². The topological polar surface area (TPSA) is 64.6 Å². The lowest BCUT2D eigenvalue weighted by Gasteiger charge is -2.29. The Labute approximate surface area is 247 Å². The summed E-state index contributed by atoms with van der Waals surface area (Å²) in [5.41, 5.74) is 2.01. The Morgan fingerprint density at radius 1 is 0.537 bits per heavy atom. The summed E-state index contributed by atoms with van der Waals surface area (Å²) in [6.45, 7) is 4.94. The molecule has 0 fully saturated rings. The lowest BCUT2D eigenvalue weighted by atomic mass is 10.1. The van der Waals surface area contributed by atoms with Gasteiger partial charge in [0.25, 0.3) is 0 Å². The van der Waals surface area contributed by atoms with Crippen LogP contribution in [0.15, 0.2) is 83.7 Å². The standard InChI is InChI=1S/C34H50O7/c1-7-9-13-23-29(35-3)31(37-5)33(39-25-27-19-15-11-16-20-27)41-34(40-26-28-21-17-12-18-22-28)32(38-6)30(36-4)24-14-10-8-2/h11-12,15-22,33-34H,7-10,13-14,23-26H2,1-6H3. The summed E-state index contributed by atoms with van der Waals surface area (Å²) in [5.74, 6) is 2.29. The summed E-state index contributed by atoms with van der Waals surface area (Å²) in [6, 6.07) is 19.9. The van der Waals surface area contributed by atoms with E-state index in [0.717, 1.165) is 49.7 Å². The van der Waals surface area contributed by atoms with Crippen LogP contribution in [0.4, 0.5) is 0 Å². The van der Waals surface area contributed by atoms with Crippen molar-refractivity contribution in [1.29, 1.82) is 0 Å². The highest BCUT2D eigenvalue weighted by atomic mass is 16.8. The Hall–Kier alpha value is -3.00. The van der Waals surface area contributed by atoms with Gasteiger partial charge in [0.05, 0.1) is 41.7 Å². The molecule has 2 unspecified atom stereocenters. The fourth-order valence-corrected chi connectivity index (χ4v) is 4.36. The third-order valence-electron chi connectivity index (χ3n) is 6.66. The van der Waals surface area contributed by atoms with Gasteiger partial charge in [-0.05, 0) is 24.0 Å². The molecule has 0 saturated heterocycles. The number of hydrogen-bond acceptors (Lipinski definition) is 7. The van der Waals surface area contributed by atoms with Gasteiger partial charge in [0.15, 0.2) is 11.5 Å². The quantitative estimate of drug-likeness (QED) is 0.0802. The van der Waals surface area contributed by atoms with Gasteiger partial charge in [0.1, 0.15) is 11.5 Å². The molecule has 0 radical (unpaired) electrons. The van der Waals surface area contributed by atoms with Crippen LogP contribution in [-0.2, 0) is 46.4 Å². The van der Waals surface area contributed by atoms with E-state index in [1.807, 2.05) is 60.7 Å². The van der Waals surface area contributed by atoms with Gasteiger partial charge in [-0.1, -0.05) is 100 Å². The van der Waals surface area contributed by atoms with Crippen molar-refractivity contribution in [2.75, 3.05) is 28.4 Å². The van der Waals surface area contributed by atoms with Gasteiger partial charge in [-0.15, -0.1) is 0 Å². The first-order valence-electron chi connectivity index (χ1n) is 14.7. The molecule has 41 heavy (non-hydrogen) atoms. The summed E-state index contributed by atoms with van der Waals surface area (Å²) in [6.07, 6.45) is 5.80. The van der Waals surface area contributed by atoms with Gasteiger partial charge in [0.2, 0.25) is 12.6 Å². The molecule has 7 heteroatoms. The van der Waals surface area contributed by atoms with Crippen LogP contribution in [0.1, 0.15) is 76.3 Å². The van der Waals surface area contributed by atoms with Gasteiger partial charge < -0.3 is 33.2 Å². The van der Waals surface area contributed by atoms with Crippen LogP contribution in [0.25, 0.3) is 0 Å². The monoisotopic (exact) mass is 570 g/mol. The molecule has 7 nitrogen and oxygen atoms in total. The van der Waals surface area contributed by atoms with Crippen LogP contribution in [0.5, 0.6) is 0 Å². The van der Waals surface area contributed by atoms with Gasteiger partial charge >= 0.3 is 0 Å². The van der Waals surface area contributed by atoms with Crippen molar-refractivity contribution in [3.05, 3.63) is 94.8 Å². The number of unbranched alkanes of at least 4 members (excludes halogenated alkanes) is 4. The minimum Gasteiger partial charge on any atom is -0.497 e. The third-order valence-corrected chi connectivity index (χ3v) is 6.66. The average molecular weight is 571 g/mol. The van der Waals surface area contributed by atoms with Crippen LogP contribution in [-0.4, -0.2) is 41.0 Å². The second-order valence-electron chi connectivity index (χ2n) is 9.70. The Balaban J connectivity index is 2.49. The molecule has 228 valence electrons. The molecule has 0 aromatic heterocycles. The first-order chi connectivity index (χ1) is 20.1. The van der Waals surface area contributed by atoms with Crippen molar-refractivity contribution < 1.29 is 33.2 Å². The lowest BCUT2D eigenvalue weighted by molar-refractivity contribution is -0.246. The van der Waals surface area contributed by atoms with E-state index in [1.54, 1.807) is 28.4 Å². The molecule has 2 rings (SSSR count). The second-order valence-corrected chi connectivity index (χ2v) is 9.70. The minimum absolute atomic E-state index is 0.301. The van der Waals surface area contributed by atoms with Crippen molar-refractivity contribution in [2.24, 2.45) is 0 Å². The normalized spacial score (nSPS) is 14.0. The van der Waals surface area contributed by atoms with Gasteiger partial charge in [0, 0.05) is 12.8 Å². The highest BCUT2D eigenvalue weighted by Gasteiger charge is 2.31. The van der Waals surface area contributed by atoms with Gasteiger partial charge in [-0.25, -0.2) is 0 Å². The highest BCUT2D eigenvalue weighted by molar-refractivity contribution is 5.15. The molecule has 0 bridgehead atoms. The molecular formula is C34H50O7. The first-order valence-corrected chi connectivity index (χ1v) is 14.7. The second kappa shape index (κ2) is 20.8. The molecule has 2 aromatic rings. The zero-order valence-electron chi connectivity index (χ0n) is 25.9. The molecule has 0 aliphatic heterocycles. The molecule has 0 saturated carbocycles. The maximum Gasteiger partial charge on any atom is 0.223 e. The Morgan fingerprint density at radius 3 is 1.24 bits per heavy atom. The van der Waals surface area contributed by atoms with Crippen LogP contribution in [0.3, 0.4) is 0 Å². The zero-order chi connectivity index (χ0) is 29.7. The maximum absolute atomic E-state index is 6.61. The number of hydrogen-bond donors (Lipinski definition) is 0. The predicted octanol–water partition coefficient (Wildman–Crippen LogP) is 8.26. The van der Waals surface area contributed by atoms with E-state index in [2.05, 4.69) is 13.8 Å². The number of methoxy groups -OCH3 is 4. The molecule has 2 aromatic carbocycles. The van der Waals surface area contributed by atoms with Crippen molar-refractivity contribution in [1.82, 2.24) is 0 Å². The van der Waals surface area contributed by atoms with E-state index < -0.39 is 12.6 Å². The highest BCUT2D eigenvalue weighted by Crippen LogP contribution is 2.28. The number of rotatable bonds is 22. The van der Waals surface area contributed by atoms with E-state index in [0.29, 0.717) is 49.1 Å². The van der Waals surface area contributed by atoms with Crippen LogP contribution in [0, 0.1) is 0 Å². The number of ether oxygens (including phenoxy) is 7. The zero-order valence-corrected chi connectivity index (χ0v) is 25.9. The summed E-state index contributed by atoms with van der Waals surface area (Å²) in [7, 11) is 6.51. The fourth-order valence-electron chi connectivity index (χ4n) is 4.36. The van der Waals surface area contributed by atoms with Crippen LogP contribution >= 0.6 is 0 Å². The maximum atomic E-state index is 6.61.